The van der Waals surface area contributed by atoms with E-state index >= 15 is 0 Å². The Morgan fingerprint density at radius 1 is 1.31 bits per heavy atom. The van der Waals surface area contributed by atoms with Crippen LogP contribution in [0.1, 0.15) is 42.6 Å². The number of carbonyl (C=O) groups is 3. The van der Waals surface area contributed by atoms with Crippen molar-refractivity contribution in [3.63, 3.8) is 0 Å². The smallest absolute Gasteiger partial charge is 0.254 e. The zero-order valence-corrected chi connectivity index (χ0v) is 15.5. The number of aliphatic hydroxyl groups is 1. The zero-order valence-electron chi connectivity index (χ0n) is 15.5. The molecule has 1 heterocycles. The molecular formula is C19H27N3O4. The van der Waals surface area contributed by atoms with E-state index < -0.39 is 11.6 Å². The lowest BCUT2D eigenvalue weighted by atomic mass is 9.98. The first kappa shape index (κ1) is 19.9. The summed E-state index contributed by atoms with van der Waals surface area (Å²) in [5.41, 5.74) is 0.776. The quantitative estimate of drug-likeness (QED) is 0.686. The third-order valence-corrected chi connectivity index (χ3v) is 4.48. The Morgan fingerprint density at radius 2 is 1.96 bits per heavy atom. The molecule has 7 nitrogen and oxygen atoms in total. The number of hydrogen-bond donors (Lipinski definition) is 3. The minimum Gasteiger partial charge on any atom is -0.390 e. The van der Waals surface area contributed by atoms with Gasteiger partial charge in [0.2, 0.25) is 11.8 Å². The van der Waals surface area contributed by atoms with Gasteiger partial charge in [0.05, 0.1) is 12.0 Å². The highest BCUT2D eigenvalue weighted by Gasteiger charge is 2.34. The van der Waals surface area contributed by atoms with Gasteiger partial charge in [0.15, 0.2) is 0 Å². The lowest BCUT2D eigenvalue weighted by Gasteiger charge is -2.34. The number of nitrogens with one attached hydrogen (secondary N) is 2. The summed E-state index contributed by atoms with van der Waals surface area (Å²) in [5.74, 6) is -0.857. The second-order valence-corrected chi connectivity index (χ2v) is 7.19. The maximum absolute atomic E-state index is 12.8. The van der Waals surface area contributed by atoms with Gasteiger partial charge in [-0.2, -0.15) is 0 Å². The first-order chi connectivity index (χ1) is 12.2. The van der Waals surface area contributed by atoms with Crippen molar-refractivity contribution in [1.82, 2.24) is 15.5 Å². The molecule has 1 aromatic carbocycles. The Morgan fingerprint density at radius 3 is 2.54 bits per heavy atom. The van der Waals surface area contributed by atoms with E-state index in [2.05, 4.69) is 10.6 Å². The summed E-state index contributed by atoms with van der Waals surface area (Å²) in [5, 5.41) is 15.0. The van der Waals surface area contributed by atoms with Crippen molar-refractivity contribution in [2.75, 3.05) is 20.1 Å². The second kappa shape index (κ2) is 8.31. The highest BCUT2D eigenvalue weighted by molar-refractivity contribution is 5.99. The SMILES string of the molecule is CNC(=O)C[C@H]1C(=O)NCCN1C(=O)c1ccc(CCC(C)(C)O)cc1. The molecule has 2 rings (SSSR count). The largest absolute Gasteiger partial charge is 0.390 e. The Kier molecular flexibility index (Phi) is 6.37. The summed E-state index contributed by atoms with van der Waals surface area (Å²) in [7, 11) is 1.50. The number of hydrogen-bond acceptors (Lipinski definition) is 4. The fourth-order valence-electron chi connectivity index (χ4n) is 2.87. The minimum atomic E-state index is -0.800. The molecule has 1 saturated heterocycles. The molecule has 0 aliphatic carbocycles. The number of piperazine rings is 1. The maximum atomic E-state index is 12.8. The number of benzene rings is 1. The molecule has 1 atom stereocenters. The third kappa shape index (κ3) is 5.29. The minimum absolute atomic E-state index is 0.0578. The van der Waals surface area contributed by atoms with Gasteiger partial charge in [-0.3, -0.25) is 14.4 Å². The third-order valence-electron chi connectivity index (χ3n) is 4.48. The molecule has 0 spiro atoms. The maximum Gasteiger partial charge on any atom is 0.254 e. The second-order valence-electron chi connectivity index (χ2n) is 7.19. The molecule has 0 aromatic heterocycles. The van der Waals surface area contributed by atoms with Gasteiger partial charge in [0, 0.05) is 25.7 Å². The highest BCUT2D eigenvalue weighted by Crippen LogP contribution is 2.17. The van der Waals surface area contributed by atoms with Gasteiger partial charge in [-0.1, -0.05) is 12.1 Å². The lowest BCUT2D eigenvalue weighted by molar-refractivity contribution is -0.132. The predicted molar refractivity (Wildman–Crippen MR) is 97.6 cm³/mol. The monoisotopic (exact) mass is 361 g/mol. The molecular weight excluding hydrogens is 334 g/mol. The summed E-state index contributed by atoms with van der Waals surface area (Å²) in [4.78, 5) is 38.1. The molecule has 142 valence electrons. The van der Waals surface area contributed by atoms with Gasteiger partial charge < -0.3 is 20.6 Å². The predicted octanol–water partition coefficient (Wildman–Crippen LogP) is 0.467. The fourth-order valence-corrected chi connectivity index (χ4v) is 2.87. The van der Waals surface area contributed by atoms with Crippen LogP contribution in [-0.4, -0.2) is 59.5 Å². The first-order valence-electron chi connectivity index (χ1n) is 8.82. The summed E-state index contributed by atoms with van der Waals surface area (Å²) in [6, 6.07) is 6.37. The van der Waals surface area contributed by atoms with Crippen LogP contribution in [0.4, 0.5) is 0 Å². The van der Waals surface area contributed by atoms with E-state index in [1.807, 2.05) is 12.1 Å². The average Bonchev–Trinajstić information content (AvgIpc) is 2.60. The molecule has 1 aliphatic rings. The molecule has 26 heavy (non-hydrogen) atoms. The highest BCUT2D eigenvalue weighted by atomic mass is 16.3. The van der Waals surface area contributed by atoms with Crippen LogP contribution in [0.5, 0.6) is 0 Å². The molecule has 1 aliphatic heterocycles. The molecule has 0 unspecified atom stereocenters. The molecule has 0 radical (unpaired) electrons. The molecule has 7 heteroatoms. The van der Waals surface area contributed by atoms with Crippen molar-refractivity contribution >= 4 is 17.7 Å². The van der Waals surface area contributed by atoms with E-state index in [4.69, 9.17) is 0 Å². The normalized spacial score (nSPS) is 17.6. The Hall–Kier alpha value is -2.41. The number of aryl methyl sites for hydroxylation is 1. The zero-order chi connectivity index (χ0) is 19.3. The number of rotatable bonds is 6. The van der Waals surface area contributed by atoms with Crippen LogP contribution in [-0.2, 0) is 16.0 Å². The lowest BCUT2D eigenvalue weighted by Crippen LogP contribution is -2.58. The van der Waals surface area contributed by atoms with Gasteiger partial charge in [-0.25, -0.2) is 0 Å². The first-order valence-corrected chi connectivity index (χ1v) is 8.82. The summed E-state index contributed by atoms with van der Waals surface area (Å²) in [6.45, 7) is 4.27. The van der Waals surface area contributed by atoms with Gasteiger partial charge in [-0.05, 0) is 44.4 Å². The molecule has 1 aromatic rings. The number of amides is 3. The van der Waals surface area contributed by atoms with Crippen molar-refractivity contribution in [3.05, 3.63) is 35.4 Å². The standard InChI is InChI=1S/C19H27N3O4/c1-19(2,26)9-8-13-4-6-14(7-5-13)18(25)22-11-10-21-17(24)15(22)12-16(23)20-3/h4-7,15,26H,8-12H2,1-3H3,(H,20,23)(H,21,24)/t15-/m0/s1. The van der Waals surface area contributed by atoms with E-state index in [9.17, 15) is 19.5 Å². The van der Waals surface area contributed by atoms with Crippen molar-refractivity contribution in [3.8, 4) is 0 Å². The van der Waals surface area contributed by atoms with E-state index in [0.717, 1.165) is 5.56 Å². The Balaban J connectivity index is 2.10. The topological polar surface area (TPSA) is 98.7 Å². The van der Waals surface area contributed by atoms with Gasteiger partial charge >= 0.3 is 0 Å². The van der Waals surface area contributed by atoms with E-state index in [1.54, 1.807) is 26.0 Å². The van der Waals surface area contributed by atoms with E-state index in [-0.39, 0.29) is 24.1 Å². The van der Waals surface area contributed by atoms with Gasteiger partial charge in [-0.15, -0.1) is 0 Å². The summed E-state index contributed by atoms with van der Waals surface area (Å²) < 4.78 is 0. The number of nitrogens with zero attached hydrogens (tertiary/aromatic N) is 1. The number of carbonyl (C=O) groups excluding carboxylic acids is 3. The van der Waals surface area contributed by atoms with Crippen LogP contribution in [0, 0.1) is 0 Å². The fraction of sp³-hybridized carbons (Fsp3) is 0.526. The molecule has 0 bridgehead atoms. The Bertz CT molecular complexity index is 664. The summed E-state index contributed by atoms with van der Waals surface area (Å²) in [6.07, 6.45) is 1.28. The van der Waals surface area contributed by atoms with Crippen molar-refractivity contribution in [2.45, 2.75) is 44.8 Å². The van der Waals surface area contributed by atoms with Crippen LogP contribution in [0.25, 0.3) is 0 Å². The van der Waals surface area contributed by atoms with Crippen molar-refractivity contribution in [1.29, 1.82) is 0 Å². The van der Waals surface area contributed by atoms with Crippen LogP contribution < -0.4 is 10.6 Å². The van der Waals surface area contributed by atoms with Gasteiger partial charge in [0.1, 0.15) is 6.04 Å². The summed E-state index contributed by atoms with van der Waals surface area (Å²) >= 11 is 0. The molecule has 1 fully saturated rings. The van der Waals surface area contributed by atoms with Gasteiger partial charge in [0.25, 0.3) is 5.91 Å². The molecule has 3 N–H and O–H groups in total. The van der Waals surface area contributed by atoms with Crippen molar-refractivity contribution < 1.29 is 19.5 Å². The van der Waals surface area contributed by atoms with Crippen LogP contribution >= 0.6 is 0 Å². The molecule has 0 saturated carbocycles. The van der Waals surface area contributed by atoms with E-state index in [1.165, 1.54) is 11.9 Å². The average molecular weight is 361 g/mol. The van der Waals surface area contributed by atoms with Crippen LogP contribution in [0.2, 0.25) is 0 Å². The van der Waals surface area contributed by atoms with Crippen molar-refractivity contribution in [2.24, 2.45) is 0 Å². The molecule has 3 amide bonds. The van der Waals surface area contributed by atoms with E-state index in [0.29, 0.717) is 31.5 Å². The van der Waals surface area contributed by atoms with Crippen LogP contribution in [0.3, 0.4) is 0 Å². The van der Waals surface area contributed by atoms with Crippen LogP contribution in [0.15, 0.2) is 24.3 Å². The Labute approximate surface area is 153 Å².